The Labute approximate surface area is 95.1 Å². The lowest BCUT2D eigenvalue weighted by Crippen LogP contribution is -2.52. The van der Waals surface area contributed by atoms with Gasteiger partial charge in [0.1, 0.15) is 6.04 Å². The minimum atomic E-state index is -0.347. The summed E-state index contributed by atoms with van der Waals surface area (Å²) < 4.78 is 5.15. The molecule has 6 heteroatoms. The topological polar surface area (TPSA) is 79.5 Å². The van der Waals surface area contributed by atoms with Crippen LogP contribution in [0.3, 0.4) is 0 Å². The highest BCUT2D eigenvalue weighted by Gasteiger charge is 2.21. The fraction of sp³-hybridized carbons (Fsp3) is 0.800. The normalized spacial score (nSPS) is 20.6. The lowest BCUT2D eigenvalue weighted by Gasteiger charge is -2.22. The van der Waals surface area contributed by atoms with E-state index in [9.17, 15) is 9.59 Å². The van der Waals surface area contributed by atoms with Crippen LogP contribution in [0, 0.1) is 0 Å². The molecule has 2 amide bonds. The van der Waals surface area contributed by atoms with Crippen molar-refractivity contribution in [2.75, 3.05) is 26.3 Å². The highest BCUT2D eigenvalue weighted by Crippen LogP contribution is 1.92. The molecule has 16 heavy (non-hydrogen) atoms. The first-order valence-electron chi connectivity index (χ1n) is 5.48. The lowest BCUT2D eigenvalue weighted by atomic mass is 10.2. The van der Waals surface area contributed by atoms with E-state index >= 15 is 0 Å². The van der Waals surface area contributed by atoms with Gasteiger partial charge >= 0.3 is 0 Å². The molecule has 1 unspecified atom stereocenters. The molecule has 0 spiro atoms. The van der Waals surface area contributed by atoms with E-state index in [0.29, 0.717) is 19.8 Å². The first kappa shape index (κ1) is 12.9. The van der Waals surface area contributed by atoms with Crippen LogP contribution >= 0.6 is 0 Å². The van der Waals surface area contributed by atoms with Crippen molar-refractivity contribution in [3.63, 3.8) is 0 Å². The smallest absolute Gasteiger partial charge is 0.239 e. The van der Waals surface area contributed by atoms with Gasteiger partial charge in [-0.3, -0.25) is 9.59 Å². The quantitative estimate of drug-likeness (QED) is 0.555. The van der Waals surface area contributed by atoms with E-state index in [2.05, 4.69) is 16.0 Å². The van der Waals surface area contributed by atoms with Crippen molar-refractivity contribution >= 4 is 11.8 Å². The fourth-order valence-electron chi connectivity index (χ4n) is 1.40. The molecule has 6 nitrogen and oxygen atoms in total. The first-order chi connectivity index (χ1) is 7.59. The predicted octanol–water partition coefficient (Wildman–Crippen LogP) is -1.38. The van der Waals surface area contributed by atoms with Gasteiger partial charge in [0.25, 0.3) is 0 Å². The maximum Gasteiger partial charge on any atom is 0.239 e. The van der Waals surface area contributed by atoms with Crippen LogP contribution in [0.1, 0.15) is 13.8 Å². The van der Waals surface area contributed by atoms with Crippen molar-refractivity contribution in [3.8, 4) is 0 Å². The number of hydrogen-bond acceptors (Lipinski definition) is 4. The van der Waals surface area contributed by atoms with E-state index in [1.54, 1.807) is 0 Å². The third-order valence-corrected chi connectivity index (χ3v) is 2.11. The largest absolute Gasteiger partial charge is 0.378 e. The standard InChI is InChI=1S/C10H19N3O3/c1-7(2)13-9(14)5-12-10(15)8-6-16-4-3-11-8/h7-8,11H,3-6H2,1-2H3,(H,12,15)(H,13,14). The molecule has 1 rings (SSSR count). The number of ether oxygens (including phenoxy) is 1. The van der Waals surface area contributed by atoms with Gasteiger partial charge in [-0.1, -0.05) is 0 Å². The zero-order valence-electron chi connectivity index (χ0n) is 9.71. The minimum absolute atomic E-state index is 0.00912. The van der Waals surface area contributed by atoms with Gasteiger partial charge < -0.3 is 20.7 Å². The molecule has 1 fully saturated rings. The van der Waals surface area contributed by atoms with Crippen molar-refractivity contribution in [1.29, 1.82) is 0 Å². The highest BCUT2D eigenvalue weighted by molar-refractivity contribution is 5.87. The average Bonchev–Trinajstić information content (AvgIpc) is 2.26. The molecule has 1 saturated heterocycles. The summed E-state index contributed by atoms with van der Waals surface area (Å²) in [6, 6.07) is -0.263. The van der Waals surface area contributed by atoms with E-state index in [-0.39, 0.29) is 30.4 Å². The van der Waals surface area contributed by atoms with E-state index in [4.69, 9.17) is 4.74 Å². The molecule has 0 aromatic heterocycles. The molecule has 1 aliphatic rings. The predicted molar refractivity (Wildman–Crippen MR) is 58.9 cm³/mol. The average molecular weight is 229 g/mol. The molecular formula is C10H19N3O3. The second-order valence-electron chi connectivity index (χ2n) is 4.02. The molecule has 0 saturated carbocycles. The molecular weight excluding hydrogens is 210 g/mol. The van der Waals surface area contributed by atoms with E-state index in [1.165, 1.54) is 0 Å². The molecule has 0 aromatic carbocycles. The number of rotatable bonds is 4. The SMILES string of the molecule is CC(C)NC(=O)CNC(=O)C1COCCN1. The van der Waals surface area contributed by atoms with Crippen molar-refractivity contribution in [1.82, 2.24) is 16.0 Å². The molecule has 0 aliphatic carbocycles. The van der Waals surface area contributed by atoms with Crippen LogP contribution in [-0.4, -0.2) is 50.2 Å². The van der Waals surface area contributed by atoms with Crippen LogP contribution in [0.5, 0.6) is 0 Å². The molecule has 1 aliphatic heterocycles. The van der Waals surface area contributed by atoms with Gasteiger partial charge in [-0.05, 0) is 13.8 Å². The Balaban J connectivity index is 2.21. The molecule has 0 bridgehead atoms. The summed E-state index contributed by atoms with van der Waals surface area (Å²) in [6.07, 6.45) is 0. The van der Waals surface area contributed by atoms with Crippen molar-refractivity contribution in [2.24, 2.45) is 0 Å². The molecule has 0 aromatic rings. The maximum atomic E-state index is 11.6. The number of nitrogens with one attached hydrogen (secondary N) is 3. The molecule has 3 N–H and O–H groups in total. The highest BCUT2D eigenvalue weighted by atomic mass is 16.5. The van der Waals surface area contributed by atoms with Gasteiger partial charge in [0, 0.05) is 12.6 Å². The monoisotopic (exact) mass is 229 g/mol. The summed E-state index contributed by atoms with van der Waals surface area (Å²) in [4.78, 5) is 22.8. The van der Waals surface area contributed by atoms with Crippen molar-refractivity contribution in [3.05, 3.63) is 0 Å². The summed E-state index contributed by atoms with van der Waals surface area (Å²) in [5.74, 6) is -0.376. The van der Waals surface area contributed by atoms with Crippen LogP contribution in [-0.2, 0) is 14.3 Å². The summed E-state index contributed by atoms with van der Waals surface area (Å²) in [5, 5.41) is 8.27. The number of hydrogen-bond donors (Lipinski definition) is 3. The van der Waals surface area contributed by atoms with Crippen molar-refractivity contribution in [2.45, 2.75) is 25.9 Å². The van der Waals surface area contributed by atoms with Crippen LogP contribution in [0.2, 0.25) is 0 Å². The van der Waals surface area contributed by atoms with Crippen LogP contribution in [0.15, 0.2) is 0 Å². The summed E-state index contributed by atoms with van der Waals surface area (Å²) >= 11 is 0. The Kier molecular flexibility index (Phi) is 5.21. The van der Waals surface area contributed by atoms with Crippen LogP contribution in [0.25, 0.3) is 0 Å². The second-order valence-corrected chi connectivity index (χ2v) is 4.02. The lowest BCUT2D eigenvalue weighted by molar-refractivity contribution is -0.129. The first-order valence-corrected chi connectivity index (χ1v) is 5.48. The maximum absolute atomic E-state index is 11.6. The summed E-state index contributed by atoms with van der Waals surface area (Å²) in [5.41, 5.74) is 0. The molecule has 92 valence electrons. The van der Waals surface area contributed by atoms with E-state index in [1.807, 2.05) is 13.8 Å². The molecule has 1 heterocycles. The van der Waals surface area contributed by atoms with Crippen LogP contribution in [0.4, 0.5) is 0 Å². The number of amides is 2. The van der Waals surface area contributed by atoms with E-state index in [0.717, 1.165) is 0 Å². The Morgan fingerprint density at radius 3 is 2.81 bits per heavy atom. The number of carbonyl (C=O) groups is 2. The van der Waals surface area contributed by atoms with Gasteiger partial charge in [0.2, 0.25) is 11.8 Å². The Morgan fingerprint density at radius 2 is 2.25 bits per heavy atom. The molecule has 0 radical (unpaired) electrons. The Hall–Kier alpha value is -1.14. The van der Waals surface area contributed by atoms with Crippen LogP contribution < -0.4 is 16.0 Å². The minimum Gasteiger partial charge on any atom is -0.378 e. The zero-order chi connectivity index (χ0) is 12.0. The summed E-state index contributed by atoms with van der Waals surface area (Å²) in [6.45, 7) is 5.40. The number of morpholine rings is 1. The number of carbonyl (C=O) groups excluding carboxylic acids is 2. The summed E-state index contributed by atoms with van der Waals surface area (Å²) in [7, 11) is 0. The third-order valence-electron chi connectivity index (χ3n) is 2.11. The van der Waals surface area contributed by atoms with Gasteiger partial charge in [-0.2, -0.15) is 0 Å². The fourth-order valence-corrected chi connectivity index (χ4v) is 1.40. The van der Waals surface area contributed by atoms with Crippen molar-refractivity contribution < 1.29 is 14.3 Å². The second kappa shape index (κ2) is 6.44. The van der Waals surface area contributed by atoms with Gasteiger partial charge in [-0.25, -0.2) is 0 Å². The van der Waals surface area contributed by atoms with Gasteiger partial charge in [0.05, 0.1) is 19.8 Å². The Bertz CT molecular complexity index is 250. The van der Waals surface area contributed by atoms with Gasteiger partial charge in [-0.15, -0.1) is 0 Å². The third kappa shape index (κ3) is 4.59. The Morgan fingerprint density at radius 1 is 1.50 bits per heavy atom. The zero-order valence-corrected chi connectivity index (χ0v) is 9.71. The van der Waals surface area contributed by atoms with Gasteiger partial charge in [0.15, 0.2) is 0 Å². The molecule has 1 atom stereocenters. The van der Waals surface area contributed by atoms with E-state index < -0.39 is 0 Å².